The Balaban J connectivity index is 0.782. The summed E-state index contributed by atoms with van der Waals surface area (Å²) in [4.78, 5) is 204. The van der Waals surface area contributed by atoms with E-state index in [4.69, 9.17) is 56.9 Å². The number of hydrazine groups is 1. The number of methoxy groups -OCH3 is 3. The number of aromatic amines is 3. The molecule has 4 aromatic heterocycles. The van der Waals surface area contributed by atoms with E-state index in [0.29, 0.717) is 67.7 Å². The van der Waals surface area contributed by atoms with Crippen LogP contribution in [-0.2, 0) is 85.3 Å². The summed E-state index contributed by atoms with van der Waals surface area (Å²) < 4.78 is 21.4. The highest BCUT2D eigenvalue weighted by molar-refractivity contribution is 8.76. The number of carboxylic acid groups (broad SMARTS) is 3. The summed E-state index contributed by atoms with van der Waals surface area (Å²) in [6.45, 7) is 15.7. The van der Waals surface area contributed by atoms with E-state index in [2.05, 4.69) is 96.4 Å². The van der Waals surface area contributed by atoms with E-state index in [0.717, 1.165) is 55.0 Å². The predicted molar refractivity (Wildman–Crippen MR) is 475 cm³/mol. The van der Waals surface area contributed by atoms with Gasteiger partial charge in [-0.3, -0.25) is 64.4 Å². The number of nitrogens with one attached hydrogen (secondary N) is 15. The van der Waals surface area contributed by atoms with Crippen molar-refractivity contribution in [3.8, 4) is 0 Å². The van der Waals surface area contributed by atoms with Gasteiger partial charge < -0.3 is 104 Å². The van der Waals surface area contributed by atoms with Crippen LogP contribution < -0.4 is 76.1 Å². The second kappa shape index (κ2) is 44.8. The number of nitrogens with zero attached hydrogens (tertiary/aromatic N) is 5. The average molecular weight is 1800 g/mol. The van der Waals surface area contributed by atoms with Gasteiger partial charge in [-0.2, -0.15) is 4.98 Å². The summed E-state index contributed by atoms with van der Waals surface area (Å²) in [6.07, 6.45) is 3.43. The number of hydrogen-bond acceptors (Lipinski definition) is 28. The molecule has 3 aliphatic heterocycles. The van der Waals surface area contributed by atoms with E-state index >= 15 is 0 Å². The van der Waals surface area contributed by atoms with Crippen LogP contribution in [0.1, 0.15) is 146 Å². The molecule has 7 heterocycles. The third-order valence-corrected chi connectivity index (χ3v) is 23.5. The monoisotopic (exact) mass is 1800 g/mol. The number of nitrogen functional groups attached to an aromatic ring is 1. The van der Waals surface area contributed by atoms with Gasteiger partial charge in [0.15, 0.2) is 23.1 Å². The molecule has 128 heavy (non-hydrogen) atoms. The number of aliphatic carboxylic acids is 3. The highest BCUT2D eigenvalue weighted by Crippen LogP contribution is 2.54. The Morgan fingerprint density at radius 2 is 1.30 bits per heavy atom. The number of rotatable bonds is 43. The number of amides is 7. The predicted octanol–water partition coefficient (Wildman–Crippen LogP) is 3.56. The summed E-state index contributed by atoms with van der Waals surface area (Å²) in [5.74, 6) is -13.3. The molecule has 0 radical (unpaired) electrons. The molecule has 0 saturated carbocycles. The van der Waals surface area contributed by atoms with E-state index in [1.165, 1.54) is 51.8 Å². The Morgan fingerprint density at radius 1 is 0.664 bits per heavy atom. The number of anilines is 2. The molecular weight excluding hydrogens is 1700 g/mol. The fraction of sp³-hybridized carbons (Fsp3) is 0.373. The number of guanidine groups is 2. The molecular formula is C83H101N23O20S2. The minimum Gasteiger partial charge on any atom is -0.497 e. The van der Waals surface area contributed by atoms with Gasteiger partial charge in [0, 0.05) is 88.7 Å². The largest absolute Gasteiger partial charge is 0.497 e. The molecule has 1 aliphatic carbocycles. The number of hydrogen-bond donors (Lipinski definition) is 21. The minimum atomic E-state index is -2.03. The van der Waals surface area contributed by atoms with E-state index < -0.39 is 150 Å². The lowest BCUT2D eigenvalue weighted by Crippen LogP contribution is -2.55. The van der Waals surface area contributed by atoms with E-state index in [-0.39, 0.29) is 118 Å². The van der Waals surface area contributed by atoms with Crippen LogP contribution in [0.5, 0.6) is 0 Å². The van der Waals surface area contributed by atoms with Crippen molar-refractivity contribution < 1.29 is 91.8 Å². The highest BCUT2D eigenvalue weighted by atomic mass is 33.1. The first kappa shape index (κ1) is 97.2. The maximum Gasteiger partial charge on any atom is 0.426 e. The number of esters is 2. The first-order valence-electron chi connectivity index (χ1n) is 40.0. The molecule has 8 bridgehead atoms. The lowest BCUT2D eigenvalue weighted by molar-refractivity contribution is -0.146. The molecule has 45 heteroatoms. The molecule has 4 aliphatic rings. The maximum atomic E-state index is 14.1. The molecule has 0 saturated heterocycles. The zero-order valence-corrected chi connectivity index (χ0v) is 72.5. The molecule has 7 amide bonds. The van der Waals surface area contributed by atoms with Crippen LogP contribution in [0.4, 0.5) is 16.4 Å². The summed E-state index contributed by atoms with van der Waals surface area (Å²) in [5, 5.41) is 65.4. The standard InChI is InChI=1S/C83H101N23O20S2/c1-10-46-39(2)55-32-60-50-22-19-49(42(5)123-7)68(78(121)125-9)83(50,6)63(97-60)34-56-41(4)48(21-26-67(110)124-8)59(96-56)33-58-47(40(3)54(95-58)31-57(46)94-55)20-24-65(108)105-106-82(122)126-29-30-127-128-38-62(77(119)120)102-73(113)52(14-12-28-90-80(86)87)99-66(109)35-61(76(117)118)101-72(112)51(13-11-27-89-79(84)85)98-64(107)25-23-53(75(115)116)100-71(111)43-15-17-44(18-16-43)91-36-45-37-92-70-69(93-45)74(114)104-81(88)103-70/h10,15-19,22,31-34,37,51-53,61-62,68,91,95,97H,1,5,11-14,20-21,23-30,35-36,38H2,2-4,6-9H3,(H,98,107)(H,99,109)(H,100,111)(H,101,112)(H,102,113)(H,105,108)(H,106,122)(H,115,116)(H,117,118)(H,119,120)(H4,84,85,89)(H4,86,87,90)(H3,88,92,103,104,114)/t51-,52-,53-,61+,62-,68+,83-/m0/s1. The second-order valence-electron chi connectivity index (χ2n) is 29.7. The number of carboxylic acids is 3. The zero-order chi connectivity index (χ0) is 93.4. The topological polar surface area (TPSA) is 677 Å². The number of carbonyl (C=O) groups excluding carboxylic acids is 9. The summed E-state index contributed by atoms with van der Waals surface area (Å²) >= 11 is 0. The van der Waals surface area contributed by atoms with Gasteiger partial charge in [-0.05, 0) is 155 Å². The van der Waals surface area contributed by atoms with Crippen molar-refractivity contribution in [1.29, 1.82) is 10.8 Å². The van der Waals surface area contributed by atoms with Gasteiger partial charge in [-0.15, -0.1) is 0 Å². The van der Waals surface area contributed by atoms with Crippen LogP contribution in [0.3, 0.4) is 0 Å². The molecule has 0 unspecified atom stereocenters. The average Bonchev–Trinajstić information content (AvgIpc) is 1.56. The molecule has 9 rings (SSSR count). The quantitative estimate of drug-likeness (QED) is 0.00388. The van der Waals surface area contributed by atoms with Gasteiger partial charge in [0.2, 0.25) is 35.5 Å². The Bertz CT molecular complexity index is 5640. The van der Waals surface area contributed by atoms with Crippen molar-refractivity contribution in [3.63, 3.8) is 0 Å². The lowest BCUT2D eigenvalue weighted by atomic mass is 9.64. The fourth-order valence-electron chi connectivity index (χ4n) is 14.3. The maximum absolute atomic E-state index is 14.1. The van der Waals surface area contributed by atoms with Crippen molar-refractivity contribution in [2.24, 2.45) is 17.4 Å². The van der Waals surface area contributed by atoms with Gasteiger partial charge in [0.1, 0.15) is 48.5 Å². The van der Waals surface area contributed by atoms with E-state index in [1.807, 2.05) is 58.0 Å². The number of allylic oxidation sites excluding steroid dienone is 9. The van der Waals surface area contributed by atoms with Crippen molar-refractivity contribution >= 4 is 167 Å². The SMILES string of the molecule is C=CC1=C(C)c2cc3[nH]c(cc4nc(cc5[nH]c(cc1n2)c(C)c5CCC(=O)NNC(=O)OCCSSC[C@H](NC(=O)[C@H](CCCNC(=N)N)NC(=O)C[C@@H](NC(=O)[C@H](CCCNC(=N)N)NC(=O)CC[C@H](NC(=O)c1ccc(NCc2cnc5nc(N)[nH]c(=O)c5n2)cc1)C(=O)O)C(=O)O)C(=O)O)C(CCC(=O)OC)=C4C)[C@]1(C)C3=CC=C(C(=C)OC)[C@@H]1C(=O)OC. The van der Waals surface area contributed by atoms with Gasteiger partial charge in [-0.1, -0.05) is 53.0 Å². The molecule has 7 atom stereocenters. The van der Waals surface area contributed by atoms with Gasteiger partial charge >= 0.3 is 35.9 Å². The molecule has 1 aromatic carbocycles. The van der Waals surface area contributed by atoms with E-state index in [1.54, 1.807) is 12.2 Å². The molecule has 0 spiro atoms. The molecule has 43 nitrogen and oxygen atoms in total. The number of fused-ring (bicyclic) bond motifs is 12. The molecule has 24 N–H and O–H groups in total. The second-order valence-corrected chi connectivity index (χ2v) is 32.3. The number of nitrogens with two attached hydrogens (primary N) is 3. The van der Waals surface area contributed by atoms with E-state index in [9.17, 15) is 77.6 Å². The highest BCUT2D eigenvalue weighted by Gasteiger charge is 2.52. The van der Waals surface area contributed by atoms with Crippen molar-refractivity contribution in [1.82, 2.24) is 87.9 Å². The number of carbonyl (C=O) groups is 12. The Kier molecular flexibility index (Phi) is 34.0. The normalized spacial score (nSPS) is 15.2. The fourth-order valence-corrected chi connectivity index (χ4v) is 16.3. The number of H-pyrrole nitrogens is 3. The van der Waals surface area contributed by atoms with Crippen LogP contribution in [0.25, 0.3) is 50.1 Å². The summed E-state index contributed by atoms with van der Waals surface area (Å²) in [7, 11) is 6.10. The first-order valence-corrected chi connectivity index (χ1v) is 42.5. The number of aryl methyl sites for hydroxylation is 2. The van der Waals surface area contributed by atoms with Gasteiger partial charge in [-0.25, -0.2) is 44.5 Å². The zero-order valence-electron chi connectivity index (χ0n) is 70.9. The smallest absolute Gasteiger partial charge is 0.426 e. The minimum absolute atomic E-state index is 0.0110. The summed E-state index contributed by atoms with van der Waals surface area (Å²) in [6, 6.07) is 4.91. The molecule has 5 aromatic rings. The van der Waals surface area contributed by atoms with Crippen molar-refractivity contribution in [2.45, 2.75) is 140 Å². The van der Waals surface area contributed by atoms with Crippen LogP contribution >= 0.6 is 21.6 Å². The Labute approximate surface area is 739 Å². The number of ether oxygens (including phenoxy) is 4. The van der Waals surface area contributed by atoms with Gasteiger partial charge in [0.05, 0.1) is 74.4 Å². The third-order valence-electron chi connectivity index (χ3n) is 21.2. The third kappa shape index (κ3) is 25.3. The van der Waals surface area contributed by atoms with Crippen LogP contribution in [0, 0.1) is 23.7 Å². The first-order chi connectivity index (χ1) is 60.9. The number of benzene rings is 1. The molecule has 680 valence electrons. The van der Waals surface area contributed by atoms with Crippen LogP contribution in [0.15, 0.2) is 102 Å². The molecule has 0 fully saturated rings. The van der Waals surface area contributed by atoms with Gasteiger partial charge in [0.25, 0.3) is 11.5 Å². The summed E-state index contributed by atoms with van der Waals surface area (Å²) in [5.41, 5.74) is 30.6. The van der Waals surface area contributed by atoms with Crippen molar-refractivity contribution in [3.05, 3.63) is 164 Å². The Morgan fingerprint density at radius 3 is 1.94 bits per heavy atom. The number of aromatic nitrogens is 8. The lowest BCUT2D eigenvalue weighted by Gasteiger charge is -2.38. The van der Waals surface area contributed by atoms with Crippen molar-refractivity contribution in [2.75, 3.05) is 63.6 Å². The van der Waals surface area contributed by atoms with Crippen LogP contribution in [-0.4, -0.2) is 221 Å². The van der Waals surface area contributed by atoms with Crippen LogP contribution in [0.2, 0.25) is 0 Å². The Hall–Kier alpha value is -14.7.